The minimum Gasteiger partial charge on any atom is -0.452 e. The molecular formula is C16H22N2O5S. The van der Waals surface area contributed by atoms with Crippen LogP contribution in [0.5, 0.6) is 0 Å². The first-order valence-electron chi connectivity index (χ1n) is 7.34. The zero-order valence-electron chi connectivity index (χ0n) is 14.0. The topological polar surface area (TPSA) is 92.8 Å². The van der Waals surface area contributed by atoms with Crippen molar-refractivity contribution in [1.82, 2.24) is 9.62 Å². The van der Waals surface area contributed by atoms with Gasteiger partial charge in [0.25, 0.3) is 5.91 Å². The van der Waals surface area contributed by atoms with E-state index in [1.54, 1.807) is 6.92 Å². The molecule has 0 aliphatic carbocycles. The highest BCUT2D eigenvalue weighted by molar-refractivity contribution is 7.89. The third kappa shape index (κ3) is 5.47. The van der Waals surface area contributed by atoms with Crippen LogP contribution >= 0.6 is 0 Å². The summed E-state index contributed by atoms with van der Waals surface area (Å²) < 4.78 is 30.6. The van der Waals surface area contributed by atoms with Crippen molar-refractivity contribution in [2.24, 2.45) is 0 Å². The van der Waals surface area contributed by atoms with Gasteiger partial charge in [-0.1, -0.05) is 18.2 Å². The highest BCUT2D eigenvalue weighted by Gasteiger charge is 2.17. The van der Waals surface area contributed by atoms with Crippen LogP contribution in [0.3, 0.4) is 0 Å². The number of esters is 1. The summed E-state index contributed by atoms with van der Waals surface area (Å²) in [5.41, 5.74) is 0.878. The number of likely N-dealkylation sites (N-methyl/N-ethyl adjacent to an activating group) is 1. The predicted octanol–water partition coefficient (Wildman–Crippen LogP) is 1.18. The maximum absolute atomic E-state index is 12.0. The average Bonchev–Trinajstić information content (AvgIpc) is 2.57. The molecule has 1 aromatic carbocycles. The fourth-order valence-corrected chi connectivity index (χ4v) is 2.69. The number of hydrogen-bond donors (Lipinski definition) is 1. The van der Waals surface area contributed by atoms with Crippen molar-refractivity contribution >= 4 is 21.9 Å². The third-order valence-corrected chi connectivity index (χ3v) is 4.58. The lowest BCUT2D eigenvalue weighted by molar-refractivity contribution is -0.133. The van der Waals surface area contributed by atoms with Crippen molar-refractivity contribution < 1.29 is 22.7 Å². The van der Waals surface area contributed by atoms with E-state index in [-0.39, 0.29) is 16.4 Å². The summed E-state index contributed by atoms with van der Waals surface area (Å²) in [5, 5.41) is 0. The van der Waals surface area contributed by atoms with E-state index in [4.69, 9.17) is 4.74 Å². The van der Waals surface area contributed by atoms with E-state index in [9.17, 15) is 18.0 Å². The minimum atomic E-state index is -3.66. The van der Waals surface area contributed by atoms with Crippen molar-refractivity contribution in [3.63, 3.8) is 0 Å². The van der Waals surface area contributed by atoms with Gasteiger partial charge in [0, 0.05) is 13.1 Å². The normalized spacial score (nSPS) is 11.0. The molecule has 8 heteroatoms. The Morgan fingerprint density at radius 2 is 2.00 bits per heavy atom. The van der Waals surface area contributed by atoms with Crippen LogP contribution in [0, 0.1) is 0 Å². The Bertz CT molecular complexity index is 728. The predicted molar refractivity (Wildman–Crippen MR) is 90.0 cm³/mol. The van der Waals surface area contributed by atoms with Crippen molar-refractivity contribution in [3.05, 3.63) is 42.0 Å². The maximum atomic E-state index is 12.0. The molecule has 1 amide bonds. The smallest absolute Gasteiger partial charge is 0.338 e. The molecular weight excluding hydrogens is 332 g/mol. The van der Waals surface area contributed by atoms with Gasteiger partial charge in [-0.2, -0.15) is 0 Å². The Morgan fingerprint density at radius 1 is 1.33 bits per heavy atom. The molecule has 0 spiro atoms. The SMILES string of the molecule is C=C(C)CN(CC)C(=O)COC(=O)c1cccc(S(=O)(=O)NC)c1. The molecule has 0 aliphatic heterocycles. The summed E-state index contributed by atoms with van der Waals surface area (Å²) in [7, 11) is -2.38. The number of ether oxygens (including phenoxy) is 1. The first-order valence-corrected chi connectivity index (χ1v) is 8.82. The number of carbonyl (C=O) groups is 2. The maximum Gasteiger partial charge on any atom is 0.338 e. The first kappa shape index (κ1) is 19.9. The molecule has 0 aromatic heterocycles. The summed E-state index contributed by atoms with van der Waals surface area (Å²) in [5.74, 6) is -1.10. The summed E-state index contributed by atoms with van der Waals surface area (Å²) in [6.45, 7) is 7.81. The number of benzene rings is 1. The largest absolute Gasteiger partial charge is 0.452 e. The molecule has 0 heterocycles. The molecule has 0 unspecified atom stereocenters. The van der Waals surface area contributed by atoms with Crippen LogP contribution in [-0.2, 0) is 19.6 Å². The van der Waals surface area contributed by atoms with Gasteiger partial charge >= 0.3 is 5.97 Å². The van der Waals surface area contributed by atoms with E-state index in [0.29, 0.717) is 13.1 Å². The van der Waals surface area contributed by atoms with Gasteiger partial charge in [0.1, 0.15) is 0 Å². The molecule has 0 radical (unpaired) electrons. The Hall–Kier alpha value is -2.19. The molecule has 0 saturated heterocycles. The molecule has 1 N–H and O–H groups in total. The van der Waals surface area contributed by atoms with Gasteiger partial charge in [0.15, 0.2) is 6.61 Å². The van der Waals surface area contributed by atoms with Gasteiger partial charge in [-0.05, 0) is 39.1 Å². The summed E-state index contributed by atoms with van der Waals surface area (Å²) in [6.07, 6.45) is 0. The summed E-state index contributed by atoms with van der Waals surface area (Å²) >= 11 is 0. The molecule has 0 atom stereocenters. The van der Waals surface area contributed by atoms with E-state index in [1.807, 2.05) is 6.92 Å². The third-order valence-electron chi connectivity index (χ3n) is 3.17. The number of rotatable bonds is 8. The van der Waals surface area contributed by atoms with Crippen molar-refractivity contribution in [3.8, 4) is 0 Å². The molecule has 0 fully saturated rings. The van der Waals surface area contributed by atoms with Crippen LogP contribution in [0.2, 0.25) is 0 Å². The Morgan fingerprint density at radius 3 is 2.54 bits per heavy atom. The molecule has 24 heavy (non-hydrogen) atoms. The Kier molecular flexibility index (Phi) is 7.12. The van der Waals surface area contributed by atoms with Crippen LogP contribution in [0.1, 0.15) is 24.2 Å². The molecule has 132 valence electrons. The van der Waals surface area contributed by atoms with E-state index in [2.05, 4.69) is 11.3 Å². The number of carbonyl (C=O) groups excluding carboxylic acids is 2. The molecule has 1 rings (SSSR count). The van der Waals surface area contributed by atoms with E-state index in [0.717, 1.165) is 5.57 Å². The molecule has 0 saturated carbocycles. The quantitative estimate of drug-likeness (QED) is 0.559. The van der Waals surface area contributed by atoms with Crippen LogP contribution in [-0.4, -0.2) is 51.9 Å². The van der Waals surface area contributed by atoms with Gasteiger partial charge in [-0.25, -0.2) is 17.9 Å². The zero-order valence-corrected chi connectivity index (χ0v) is 14.9. The minimum absolute atomic E-state index is 0.0526. The van der Waals surface area contributed by atoms with E-state index in [1.165, 1.54) is 36.2 Å². The average molecular weight is 354 g/mol. The van der Waals surface area contributed by atoms with Gasteiger partial charge < -0.3 is 9.64 Å². The standard InChI is InChI=1S/C16H22N2O5S/c1-5-18(10-12(2)3)15(19)11-23-16(20)13-7-6-8-14(9-13)24(21,22)17-4/h6-9,17H,2,5,10-11H2,1,3-4H3. The molecule has 7 nitrogen and oxygen atoms in total. The lowest BCUT2D eigenvalue weighted by atomic mass is 10.2. The second-order valence-corrected chi connectivity index (χ2v) is 7.06. The van der Waals surface area contributed by atoms with Gasteiger partial charge in [0.05, 0.1) is 10.5 Å². The van der Waals surface area contributed by atoms with E-state index >= 15 is 0 Å². The number of nitrogens with one attached hydrogen (secondary N) is 1. The van der Waals surface area contributed by atoms with Gasteiger partial charge in [-0.3, -0.25) is 4.79 Å². The van der Waals surface area contributed by atoms with Crippen LogP contribution in [0.15, 0.2) is 41.3 Å². The van der Waals surface area contributed by atoms with Crippen molar-refractivity contribution in [2.75, 3.05) is 26.7 Å². The van der Waals surface area contributed by atoms with Crippen molar-refractivity contribution in [2.45, 2.75) is 18.7 Å². The summed E-state index contributed by atoms with van der Waals surface area (Å²) in [4.78, 5) is 25.5. The number of hydrogen-bond acceptors (Lipinski definition) is 5. The first-order chi connectivity index (χ1) is 11.2. The lowest BCUT2D eigenvalue weighted by Crippen LogP contribution is -2.35. The Balaban J connectivity index is 2.77. The monoisotopic (exact) mass is 354 g/mol. The van der Waals surface area contributed by atoms with Crippen LogP contribution in [0.4, 0.5) is 0 Å². The zero-order chi connectivity index (χ0) is 18.3. The second-order valence-electron chi connectivity index (χ2n) is 5.18. The van der Waals surface area contributed by atoms with Gasteiger partial charge in [0.2, 0.25) is 10.0 Å². The second kappa shape index (κ2) is 8.60. The lowest BCUT2D eigenvalue weighted by Gasteiger charge is -2.20. The van der Waals surface area contributed by atoms with Gasteiger partial charge in [-0.15, -0.1) is 0 Å². The van der Waals surface area contributed by atoms with Crippen molar-refractivity contribution in [1.29, 1.82) is 0 Å². The molecule has 0 aliphatic rings. The highest BCUT2D eigenvalue weighted by Crippen LogP contribution is 2.12. The van der Waals surface area contributed by atoms with Crippen LogP contribution in [0.25, 0.3) is 0 Å². The number of sulfonamides is 1. The molecule has 0 bridgehead atoms. The number of amides is 1. The molecule has 1 aromatic rings. The van der Waals surface area contributed by atoms with E-state index < -0.39 is 22.6 Å². The highest BCUT2D eigenvalue weighted by atomic mass is 32.2. The number of nitrogens with zero attached hydrogens (tertiary/aromatic N) is 1. The fraction of sp³-hybridized carbons (Fsp3) is 0.375. The Labute approximate surface area is 142 Å². The summed E-state index contributed by atoms with van der Waals surface area (Å²) in [6, 6.07) is 5.42. The fourth-order valence-electron chi connectivity index (χ4n) is 1.91. The van der Waals surface area contributed by atoms with Crippen LogP contribution < -0.4 is 4.72 Å².